The van der Waals surface area contributed by atoms with E-state index in [1.807, 2.05) is 50.4 Å². The summed E-state index contributed by atoms with van der Waals surface area (Å²) < 4.78 is 28.0. The van der Waals surface area contributed by atoms with Crippen molar-refractivity contribution in [3.05, 3.63) is 57.4 Å². The summed E-state index contributed by atoms with van der Waals surface area (Å²) in [7, 11) is -3.52. The van der Waals surface area contributed by atoms with Crippen molar-refractivity contribution < 1.29 is 8.42 Å². The highest BCUT2D eigenvalue weighted by Gasteiger charge is 2.18. The quantitative estimate of drug-likeness (QED) is 0.721. The van der Waals surface area contributed by atoms with Gasteiger partial charge in [-0.1, -0.05) is 29.8 Å². The molecular weight excluding hydrogens is 360 g/mol. The summed E-state index contributed by atoms with van der Waals surface area (Å²) >= 11 is 2.80. The van der Waals surface area contributed by atoms with Crippen molar-refractivity contribution in [2.24, 2.45) is 0 Å². The topological polar surface area (TPSA) is 59.1 Å². The van der Waals surface area contributed by atoms with Crippen LogP contribution in [0.3, 0.4) is 0 Å². The summed E-state index contributed by atoms with van der Waals surface area (Å²) in [5.41, 5.74) is 3.90. The molecule has 4 nitrogen and oxygen atoms in total. The molecule has 0 unspecified atom stereocenters. The number of rotatable bonds is 5. The van der Waals surface area contributed by atoms with Crippen LogP contribution in [0.4, 0.5) is 0 Å². The van der Waals surface area contributed by atoms with Gasteiger partial charge in [0.2, 0.25) is 10.0 Å². The van der Waals surface area contributed by atoms with E-state index in [0.717, 1.165) is 32.3 Å². The summed E-state index contributed by atoms with van der Waals surface area (Å²) in [6, 6.07) is 9.50. The highest BCUT2D eigenvalue weighted by molar-refractivity contribution is 7.91. The molecule has 0 saturated heterocycles. The highest BCUT2D eigenvalue weighted by atomic mass is 32.2. The molecule has 0 radical (unpaired) electrons. The second-order valence-corrected chi connectivity index (χ2v) is 9.74. The monoisotopic (exact) mass is 378 g/mol. The van der Waals surface area contributed by atoms with E-state index in [9.17, 15) is 8.42 Å². The Kier molecular flexibility index (Phi) is 4.87. The lowest BCUT2D eigenvalue weighted by Gasteiger charge is -2.05. The van der Waals surface area contributed by atoms with E-state index in [1.165, 1.54) is 11.3 Å². The third-order valence-electron chi connectivity index (χ3n) is 3.66. The number of thiophene rings is 1. The molecule has 126 valence electrons. The molecule has 0 aliphatic carbocycles. The minimum absolute atomic E-state index is 0.284. The van der Waals surface area contributed by atoms with Gasteiger partial charge in [0.1, 0.15) is 9.22 Å². The number of thiazole rings is 1. The molecule has 1 aromatic carbocycles. The second kappa shape index (κ2) is 6.76. The third-order valence-corrected chi connectivity index (χ3v) is 7.63. The van der Waals surface area contributed by atoms with Crippen LogP contribution in [0.1, 0.15) is 21.7 Å². The summed E-state index contributed by atoms with van der Waals surface area (Å²) in [5, 5.41) is 2.71. The number of hydrogen-bond donors (Lipinski definition) is 1. The minimum atomic E-state index is -3.52. The van der Waals surface area contributed by atoms with Gasteiger partial charge in [-0.3, -0.25) is 0 Å². The number of nitrogens with zero attached hydrogens (tertiary/aromatic N) is 1. The molecule has 3 rings (SSSR count). The Morgan fingerprint density at radius 1 is 1.17 bits per heavy atom. The first-order chi connectivity index (χ1) is 11.3. The molecule has 1 N–H and O–H groups in total. The maximum atomic E-state index is 12.5. The smallest absolute Gasteiger partial charge is 0.241 e. The van der Waals surface area contributed by atoms with Gasteiger partial charge in [0.15, 0.2) is 0 Å². The van der Waals surface area contributed by atoms with Crippen molar-refractivity contribution in [1.82, 2.24) is 9.71 Å². The molecule has 0 bridgehead atoms. The van der Waals surface area contributed by atoms with Crippen LogP contribution < -0.4 is 4.72 Å². The summed E-state index contributed by atoms with van der Waals surface area (Å²) in [6.45, 7) is 6.25. The van der Waals surface area contributed by atoms with Crippen LogP contribution in [-0.2, 0) is 16.6 Å². The zero-order valence-corrected chi connectivity index (χ0v) is 16.1. The van der Waals surface area contributed by atoms with Crippen LogP contribution in [0.15, 0.2) is 39.9 Å². The van der Waals surface area contributed by atoms with Gasteiger partial charge < -0.3 is 0 Å². The summed E-state index contributed by atoms with van der Waals surface area (Å²) in [6.07, 6.45) is 0. The van der Waals surface area contributed by atoms with Crippen molar-refractivity contribution in [3.8, 4) is 10.6 Å². The predicted octanol–water partition coefficient (Wildman–Crippen LogP) is 4.28. The van der Waals surface area contributed by atoms with Crippen molar-refractivity contribution in [3.63, 3.8) is 0 Å². The van der Waals surface area contributed by atoms with E-state index < -0.39 is 10.0 Å². The van der Waals surface area contributed by atoms with Crippen LogP contribution in [-0.4, -0.2) is 13.4 Å². The first kappa shape index (κ1) is 17.3. The van der Waals surface area contributed by atoms with Gasteiger partial charge in [0.25, 0.3) is 0 Å². The Morgan fingerprint density at radius 3 is 2.62 bits per heavy atom. The number of benzene rings is 1. The zero-order chi connectivity index (χ0) is 17.3. The molecule has 2 heterocycles. The molecular formula is C17H18N2O2S3. The van der Waals surface area contributed by atoms with E-state index in [-0.39, 0.29) is 6.54 Å². The number of hydrogen-bond acceptors (Lipinski definition) is 5. The SMILES string of the molecule is Cc1cccc(CNS(=O)(=O)c2cc(-c3nc(C)c(C)s3)cs2)c1. The highest BCUT2D eigenvalue weighted by Crippen LogP contribution is 2.32. The molecule has 0 aliphatic rings. The van der Waals surface area contributed by atoms with Gasteiger partial charge in [0.05, 0.1) is 5.69 Å². The van der Waals surface area contributed by atoms with Crippen LogP contribution >= 0.6 is 22.7 Å². The van der Waals surface area contributed by atoms with Gasteiger partial charge in [-0.2, -0.15) is 0 Å². The van der Waals surface area contributed by atoms with Gasteiger partial charge in [-0.15, -0.1) is 22.7 Å². The van der Waals surface area contributed by atoms with E-state index in [0.29, 0.717) is 4.21 Å². The van der Waals surface area contributed by atoms with Crippen LogP contribution in [0.25, 0.3) is 10.6 Å². The first-order valence-corrected chi connectivity index (χ1v) is 10.6. The fraction of sp³-hybridized carbons (Fsp3) is 0.235. The van der Waals surface area contributed by atoms with Crippen molar-refractivity contribution in [2.45, 2.75) is 31.5 Å². The average Bonchev–Trinajstić information content (AvgIpc) is 3.14. The molecule has 3 aromatic rings. The molecule has 0 fully saturated rings. The summed E-state index contributed by atoms with van der Waals surface area (Å²) in [4.78, 5) is 5.64. The standard InChI is InChI=1S/C17H18N2O2S3/c1-11-5-4-6-14(7-11)9-18-24(20,21)16-8-15(10-22-16)17-19-12(2)13(3)23-17/h4-8,10,18H,9H2,1-3H3. The second-order valence-electron chi connectivity index (χ2n) is 5.63. The lowest BCUT2D eigenvalue weighted by Crippen LogP contribution is -2.22. The fourth-order valence-corrected chi connectivity index (χ4v) is 5.44. The normalized spacial score (nSPS) is 11.8. The van der Waals surface area contributed by atoms with E-state index in [4.69, 9.17) is 0 Å². The lowest BCUT2D eigenvalue weighted by molar-refractivity contribution is 0.583. The Morgan fingerprint density at radius 2 is 1.96 bits per heavy atom. The minimum Gasteiger partial charge on any atom is -0.241 e. The maximum absolute atomic E-state index is 12.5. The largest absolute Gasteiger partial charge is 0.250 e. The Hall–Kier alpha value is -1.54. The number of aromatic nitrogens is 1. The van der Waals surface area contributed by atoms with Crippen molar-refractivity contribution in [2.75, 3.05) is 0 Å². The predicted molar refractivity (Wildman–Crippen MR) is 100 cm³/mol. The molecule has 7 heteroatoms. The average molecular weight is 379 g/mol. The Labute approximate surface area is 150 Å². The van der Waals surface area contributed by atoms with Gasteiger partial charge in [-0.05, 0) is 32.4 Å². The summed E-state index contributed by atoms with van der Waals surface area (Å²) in [5.74, 6) is 0. The molecule has 0 amide bonds. The van der Waals surface area contributed by atoms with Crippen LogP contribution in [0, 0.1) is 20.8 Å². The van der Waals surface area contributed by atoms with E-state index in [2.05, 4.69) is 9.71 Å². The molecule has 0 aliphatic heterocycles. The van der Waals surface area contributed by atoms with Crippen molar-refractivity contribution in [1.29, 1.82) is 0 Å². The lowest BCUT2D eigenvalue weighted by atomic mass is 10.1. The first-order valence-electron chi connectivity index (χ1n) is 7.43. The Balaban J connectivity index is 1.78. The number of aryl methyl sites for hydroxylation is 3. The Bertz CT molecular complexity index is 952. The van der Waals surface area contributed by atoms with Crippen LogP contribution in [0.2, 0.25) is 0 Å². The van der Waals surface area contributed by atoms with Gasteiger partial charge in [-0.25, -0.2) is 18.1 Å². The third kappa shape index (κ3) is 3.75. The van der Waals surface area contributed by atoms with Gasteiger partial charge in [0, 0.05) is 22.4 Å². The molecule has 0 saturated carbocycles. The molecule has 0 spiro atoms. The van der Waals surface area contributed by atoms with E-state index in [1.54, 1.807) is 17.4 Å². The molecule has 2 aromatic heterocycles. The van der Waals surface area contributed by atoms with Gasteiger partial charge >= 0.3 is 0 Å². The van der Waals surface area contributed by atoms with Crippen LogP contribution in [0.5, 0.6) is 0 Å². The fourth-order valence-electron chi connectivity index (χ4n) is 2.24. The number of sulfonamides is 1. The number of nitrogens with one attached hydrogen (secondary N) is 1. The van der Waals surface area contributed by atoms with E-state index >= 15 is 0 Å². The maximum Gasteiger partial charge on any atom is 0.250 e. The van der Waals surface area contributed by atoms with Crippen molar-refractivity contribution >= 4 is 32.7 Å². The molecule has 24 heavy (non-hydrogen) atoms. The zero-order valence-electron chi connectivity index (χ0n) is 13.7. The molecule has 0 atom stereocenters.